The van der Waals surface area contributed by atoms with Gasteiger partial charge in [0.25, 0.3) is 0 Å². The fourth-order valence-electron chi connectivity index (χ4n) is 0.822. The molecule has 1 N–H and O–H groups in total. The number of nitrogens with one attached hydrogen (secondary N) is 1. The topological polar surface area (TPSA) is 34.8 Å². The van der Waals surface area contributed by atoms with Gasteiger partial charge in [-0.15, -0.1) is 0 Å². The molecular formula is C7H9IN2. The summed E-state index contributed by atoms with van der Waals surface area (Å²) >= 11 is -0.774. The summed E-state index contributed by atoms with van der Waals surface area (Å²) in [6.45, 7) is 2.09. The third-order valence-corrected chi connectivity index (χ3v) is 4.99. The zero-order chi connectivity index (χ0) is 6.97. The fraction of sp³-hybridized carbons (Fsp3) is 0.286. The van der Waals surface area contributed by atoms with E-state index in [1.807, 2.05) is 12.4 Å². The van der Waals surface area contributed by atoms with Crippen molar-refractivity contribution in [2.45, 2.75) is 6.92 Å². The van der Waals surface area contributed by atoms with Gasteiger partial charge in [0.2, 0.25) is 0 Å². The second-order valence-electron chi connectivity index (χ2n) is 2.31. The molecule has 3 heteroatoms. The standard InChI is InChI=1S/C7H9IN2/c1-6-2-7(4-9-3-6)8-5-10-8/h2-4,10H,5H2,1H3. The molecular weight excluding hydrogens is 239 g/mol. The number of hydrogen-bond donors (Lipinski definition) is 1. The van der Waals surface area contributed by atoms with Gasteiger partial charge in [-0.25, -0.2) is 0 Å². The Hall–Kier alpha value is -0.160. The molecule has 0 atom stereocenters. The van der Waals surface area contributed by atoms with Crippen LogP contribution in [0.3, 0.4) is 0 Å². The first-order valence-electron chi connectivity index (χ1n) is 3.17. The quantitative estimate of drug-likeness (QED) is 0.269. The van der Waals surface area contributed by atoms with Crippen molar-refractivity contribution >= 4 is 20.1 Å². The molecule has 1 aromatic rings. The van der Waals surface area contributed by atoms with Gasteiger partial charge in [0.05, 0.1) is 0 Å². The molecule has 1 aliphatic rings. The molecule has 2 heterocycles. The predicted molar refractivity (Wildman–Crippen MR) is 49.7 cm³/mol. The SMILES string of the molecule is Cc1cncc(I2CN2)c1. The Kier molecular flexibility index (Phi) is 1.61. The first-order chi connectivity index (χ1) is 4.86. The van der Waals surface area contributed by atoms with Crippen LogP contribution < -0.4 is 3.53 Å². The van der Waals surface area contributed by atoms with Crippen LogP contribution in [0.5, 0.6) is 0 Å². The molecule has 2 nitrogen and oxygen atoms in total. The van der Waals surface area contributed by atoms with Crippen LogP contribution in [-0.4, -0.2) is 9.54 Å². The van der Waals surface area contributed by atoms with Gasteiger partial charge in [-0.2, -0.15) is 0 Å². The van der Waals surface area contributed by atoms with Gasteiger partial charge < -0.3 is 0 Å². The van der Waals surface area contributed by atoms with Gasteiger partial charge in [0.15, 0.2) is 0 Å². The zero-order valence-electron chi connectivity index (χ0n) is 5.76. The average Bonchev–Trinajstić information content (AvgIpc) is 2.68. The van der Waals surface area contributed by atoms with Gasteiger partial charge in [0, 0.05) is 0 Å². The van der Waals surface area contributed by atoms with E-state index >= 15 is 0 Å². The molecule has 0 spiro atoms. The third kappa shape index (κ3) is 1.29. The maximum atomic E-state index is 4.14. The molecule has 54 valence electrons. The van der Waals surface area contributed by atoms with Gasteiger partial charge in [-0.05, 0) is 0 Å². The molecule has 0 unspecified atom stereocenters. The van der Waals surface area contributed by atoms with Crippen molar-refractivity contribution in [3.8, 4) is 0 Å². The maximum absolute atomic E-state index is 4.14. The third-order valence-electron chi connectivity index (χ3n) is 1.37. The van der Waals surface area contributed by atoms with E-state index in [1.165, 1.54) is 13.7 Å². The van der Waals surface area contributed by atoms with E-state index < -0.39 is 20.1 Å². The Morgan fingerprint density at radius 1 is 1.60 bits per heavy atom. The fourth-order valence-corrected chi connectivity index (χ4v) is 4.18. The molecule has 0 aromatic carbocycles. The van der Waals surface area contributed by atoms with E-state index in [-0.39, 0.29) is 0 Å². The van der Waals surface area contributed by atoms with Crippen molar-refractivity contribution in [2.75, 3.05) is 4.55 Å². The summed E-state index contributed by atoms with van der Waals surface area (Å²) in [6, 6.07) is 2.25. The Bertz CT molecular complexity index is 245. The first-order valence-corrected chi connectivity index (χ1v) is 6.85. The van der Waals surface area contributed by atoms with Crippen molar-refractivity contribution in [2.24, 2.45) is 0 Å². The molecule has 2 rings (SSSR count). The van der Waals surface area contributed by atoms with Crippen molar-refractivity contribution < 1.29 is 0 Å². The number of aryl methyl sites for hydroxylation is 1. The van der Waals surface area contributed by atoms with Crippen LogP contribution in [0.15, 0.2) is 18.5 Å². The number of hydrogen-bond acceptors (Lipinski definition) is 2. The van der Waals surface area contributed by atoms with Gasteiger partial charge >= 0.3 is 67.7 Å². The summed E-state index contributed by atoms with van der Waals surface area (Å²) in [5.74, 6) is 0. The van der Waals surface area contributed by atoms with Crippen LogP contribution in [0, 0.1) is 10.5 Å². The van der Waals surface area contributed by atoms with Crippen LogP contribution in [0.2, 0.25) is 0 Å². The van der Waals surface area contributed by atoms with E-state index in [4.69, 9.17) is 0 Å². The van der Waals surface area contributed by atoms with Crippen LogP contribution >= 0.6 is 20.1 Å². The second kappa shape index (κ2) is 2.47. The minimum atomic E-state index is -0.774. The summed E-state index contributed by atoms with van der Waals surface area (Å²) in [4.78, 5) is 4.14. The summed E-state index contributed by atoms with van der Waals surface area (Å²) in [7, 11) is 0. The minimum absolute atomic E-state index is 0.774. The summed E-state index contributed by atoms with van der Waals surface area (Å²) < 4.78 is 6.14. The molecule has 0 amide bonds. The molecule has 1 aliphatic heterocycles. The van der Waals surface area contributed by atoms with Gasteiger partial charge in [-0.3, -0.25) is 0 Å². The second-order valence-corrected chi connectivity index (χ2v) is 7.15. The van der Waals surface area contributed by atoms with Gasteiger partial charge in [-0.1, -0.05) is 0 Å². The van der Waals surface area contributed by atoms with E-state index in [2.05, 4.69) is 21.5 Å². The molecule has 0 bridgehead atoms. The zero-order valence-corrected chi connectivity index (χ0v) is 7.92. The number of aromatic nitrogens is 1. The molecule has 0 aliphatic carbocycles. The summed E-state index contributed by atoms with van der Waals surface area (Å²) in [5.41, 5.74) is 1.28. The molecule has 1 fully saturated rings. The van der Waals surface area contributed by atoms with Gasteiger partial charge in [0.1, 0.15) is 0 Å². The van der Waals surface area contributed by atoms with Crippen molar-refractivity contribution in [3.63, 3.8) is 0 Å². The number of alkyl halides is 1. The average molecular weight is 248 g/mol. The monoisotopic (exact) mass is 248 g/mol. The van der Waals surface area contributed by atoms with Crippen molar-refractivity contribution in [3.05, 3.63) is 27.6 Å². The number of nitrogens with zero attached hydrogens (tertiary/aromatic N) is 1. The van der Waals surface area contributed by atoms with Crippen molar-refractivity contribution in [1.29, 1.82) is 0 Å². The van der Waals surface area contributed by atoms with Crippen LogP contribution in [0.1, 0.15) is 5.56 Å². The molecule has 10 heavy (non-hydrogen) atoms. The summed E-state index contributed by atoms with van der Waals surface area (Å²) in [6.07, 6.45) is 3.90. The van der Waals surface area contributed by atoms with E-state index in [9.17, 15) is 0 Å². The molecule has 1 saturated heterocycles. The summed E-state index contributed by atoms with van der Waals surface area (Å²) in [5, 5.41) is 0. The van der Waals surface area contributed by atoms with E-state index in [0.29, 0.717) is 0 Å². The Morgan fingerprint density at radius 3 is 3.00 bits per heavy atom. The number of halogens is 1. The van der Waals surface area contributed by atoms with Crippen molar-refractivity contribution in [1.82, 2.24) is 8.51 Å². The normalized spacial score (nSPS) is 19.1. The Morgan fingerprint density at radius 2 is 2.40 bits per heavy atom. The molecule has 0 saturated carbocycles. The van der Waals surface area contributed by atoms with E-state index in [0.717, 1.165) is 0 Å². The molecule has 1 aromatic heterocycles. The Balaban J connectivity index is 2.32. The number of pyridine rings is 1. The molecule has 0 radical (unpaired) electrons. The number of rotatable bonds is 1. The van der Waals surface area contributed by atoms with Crippen LogP contribution in [0.25, 0.3) is 0 Å². The van der Waals surface area contributed by atoms with Crippen LogP contribution in [0.4, 0.5) is 0 Å². The van der Waals surface area contributed by atoms with Crippen LogP contribution in [-0.2, 0) is 0 Å². The Labute approximate surface area is 67.8 Å². The van der Waals surface area contributed by atoms with E-state index in [1.54, 1.807) is 0 Å². The first kappa shape index (κ1) is 6.54. The predicted octanol–water partition coefficient (Wildman–Crippen LogP) is 1.54.